The summed E-state index contributed by atoms with van der Waals surface area (Å²) in [5, 5.41) is 0. The molecule has 0 aromatic carbocycles. The monoisotopic (exact) mass is 316 g/mol. The Kier molecular flexibility index (Phi) is 20.0. The Balaban J connectivity index is -0.0000000720. The molecule has 8 heteroatoms. The van der Waals surface area contributed by atoms with E-state index in [4.69, 9.17) is 22.9 Å². The van der Waals surface area contributed by atoms with Gasteiger partial charge in [-0.05, 0) is 25.7 Å². The lowest BCUT2D eigenvalue weighted by Crippen LogP contribution is -2.49. The predicted molar refractivity (Wildman–Crippen MR) is 79.4 cm³/mol. The third-order valence-electron chi connectivity index (χ3n) is 2.77. The molecule has 8 N–H and O–H groups in total. The van der Waals surface area contributed by atoms with E-state index in [0.29, 0.717) is 24.2 Å². The van der Waals surface area contributed by atoms with Crippen molar-refractivity contribution in [3.63, 3.8) is 0 Å². The quantitative estimate of drug-likeness (QED) is 0.524. The molecule has 0 amide bonds. The number of nitrogens with two attached hydrogens (primary N) is 4. The Morgan fingerprint density at radius 3 is 0.562 bits per heavy atom. The maximum absolute atomic E-state index is 5.40. The van der Waals surface area contributed by atoms with Gasteiger partial charge in [-0.1, -0.05) is 0 Å². The van der Waals surface area contributed by atoms with Gasteiger partial charge in [0.25, 0.3) is 0 Å². The second kappa shape index (κ2) is 12.5. The van der Waals surface area contributed by atoms with Crippen molar-refractivity contribution in [2.45, 2.75) is 49.9 Å². The Morgan fingerprint density at radius 1 is 0.438 bits per heavy atom. The van der Waals surface area contributed by atoms with Gasteiger partial charge in [0, 0.05) is 24.2 Å². The first kappa shape index (κ1) is 25.8. The van der Waals surface area contributed by atoms with Gasteiger partial charge in [-0.15, -0.1) is 49.6 Å². The highest BCUT2D eigenvalue weighted by Crippen LogP contribution is 2.14. The SMILES string of the molecule is Cl.Cl.Cl.Cl.N[C@@H]1CC[C@H]1N.N[C@H]1CC[C@@H]1N. The first-order valence-electron chi connectivity index (χ1n) is 4.63. The van der Waals surface area contributed by atoms with Crippen molar-refractivity contribution >= 4 is 49.6 Å². The molecule has 0 aliphatic heterocycles. The van der Waals surface area contributed by atoms with Gasteiger partial charge in [-0.2, -0.15) is 0 Å². The zero-order valence-electron chi connectivity index (χ0n) is 9.08. The molecule has 16 heavy (non-hydrogen) atoms. The van der Waals surface area contributed by atoms with Gasteiger partial charge in [-0.25, -0.2) is 0 Å². The van der Waals surface area contributed by atoms with Crippen molar-refractivity contribution in [2.75, 3.05) is 0 Å². The maximum Gasteiger partial charge on any atom is 0.0192 e. The van der Waals surface area contributed by atoms with Crippen LogP contribution in [0.2, 0.25) is 0 Å². The molecule has 2 rings (SSSR count). The summed E-state index contributed by atoms with van der Waals surface area (Å²) in [7, 11) is 0. The highest BCUT2D eigenvalue weighted by molar-refractivity contribution is 5.86. The van der Waals surface area contributed by atoms with Crippen LogP contribution in [0.4, 0.5) is 0 Å². The number of hydrogen-bond acceptors (Lipinski definition) is 4. The molecule has 2 aliphatic rings. The molecule has 0 aromatic rings. The van der Waals surface area contributed by atoms with Gasteiger partial charge in [-0.3, -0.25) is 0 Å². The number of hydrogen-bond donors (Lipinski definition) is 4. The molecule has 0 bridgehead atoms. The molecule has 104 valence electrons. The average molecular weight is 318 g/mol. The second-order valence-corrected chi connectivity index (χ2v) is 3.81. The molecule has 0 saturated heterocycles. The average Bonchev–Trinajstić information content (AvgIpc) is 2.12. The molecular weight excluding hydrogens is 294 g/mol. The van der Waals surface area contributed by atoms with Crippen LogP contribution in [-0.4, -0.2) is 24.2 Å². The van der Waals surface area contributed by atoms with E-state index in [-0.39, 0.29) is 49.6 Å². The van der Waals surface area contributed by atoms with Crippen LogP contribution in [0.5, 0.6) is 0 Å². The fraction of sp³-hybridized carbons (Fsp3) is 1.00. The van der Waals surface area contributed by atoms with Crippen molar-refractivity contribution in [3.8, 4) is 0 Å². The van der Waals surface area contributed by atoms with Crippen molar-refractivity contribution in [2.24, 2.45) is 22.9 Å². The molecule has 4 atom stereocenters. The normalized spacial score (nSPS) is 33.8. The van der Waals surface area contributed by atoms with Crippen LogP contribution in [-0.2, 0) is 0 Å². The minimum absolute atomic E-state index is 0. The molecule has 2 saturated carbocycles. The van der Waals surface area contributed by atoms with E-state index in [1.165, 1.54) is 0 Å². The minimum atomic E-state index is 0. The van der Waals surface area contributed by atoms with Crippen LogP contribution in [0.25, 0.3) is 0 Å². The van der Waals surface area contributed by atoms with Gasteiger partial charge < -0.3 is 22.9 Å². The Labute approximate surface area is 122 Å². The lowest BCUT2D eigenvalue weighted by molar-refractivity contribution is 0.347. The standard InChI is InChI=1S/2C4H10N2.4ClH/c2*5-3-1-2-4(3)6;;;;/h2*3-4H,1-2,5-6H2;4*1H/t2*3-,4-;;;;/m10..../s1. The fourth-order valence-electron chi connectivity index (χ4n) is 1.10. The largest absolute Gasteiger partial charge is 0.326 e. The molecular formula is C8H24Cl4N4. The molecule has 0 heterocycles. The van der Waals surface area contributed by atoms with E-state index in [1.807, 2.05) is 0 Å². The topological polar surface area (TPSA) is 104 Å². The first-order valence-corrected chi connectivity index (χ1v) is 4.63. The van der Waals surface area contributed by atoms with E-state index >= 15 is 0 Å². The van der Waals surface area contributed by atoms with Crippen LogP contribution < -0.4 is 22.9 Å². The minimum Gasteiger partial charge on any atom is -0.326 e. The summed E-state index contributed by atoms with van der Waals surface area (Å²) in [5.74, 6) is 0. The lowest BCUT2D eigenvalue weighted by Gasteiger charge is -2.29. The maximum atomic E-state index is 5.40. The van der Waals surface area contributed by atoms with Crippen LogP contribution in [0.3, 0.4) is 0 Å². The van der Waals surface area contributed by atoms with Gasteiger partial charge >= 0.3 is 0 Å². The van der Waals surface area contributed by atoms with Crippen molar-refractivity contribution < 1.29 is 0 Å². The fourth-order valence-corrected chi connectivity index (χ4v) is 1.10. The van der Waals surface area contributed by atoms with Gasteiger partial charge in [0.2, 0.25) is 0 Å². The van der Waals surface area contributed by atoms with Crippen molar-refractivity contribution in [1.82, 2.24) is 0 Å². The third kappa shape index (κ3) is 8.14. The van der Waals surface area contributed by atoms with Crippen LogP contribution in [0.1, 0.15) is 25.7 Å². The summed E-state index contributed by atoms with van der Waals surface area (Å²) in [4.78, 5) is 0. The summed E-state index contributed by atoms with van der Waals surface area (Å²) < 4.78 is 0. The molecule has 4 nitrogen and oxygen atoms in total. The molecule has 0 radical (unpaired) electrons. The summed E-state index contributed by atoms with van der Waals surface area (Å²) in [6, 6.07) is 1.24. The Bertz CT molecular complexity index is 120. The van der Waals surface area contributed by atoms with E-state index < -0.39 is 0 Å². The van der Waals surface area contributed by atoms with Crippen molar-refractivity contribution in [3.05, 3.63) is 0 Å². The van der Waals surface area contributed by atoms with Crippen LogP contribution in [0, 0.1) is 0 Å². The zero-order valence-corrected chi connectivity index (χ0v) is 12.3. The second-order valence-electron chi connectivity index (χ2n) is 3.81. The summed E-state index contributed by atoms with van der Waals surface area (Å²) in [6.45, 7) is 0. The summed E-state index contributed by atoms with van der Waals surface area (Å²) >= 11 is 0. The Hall–Kier alpha value is 1.000. The van der Waals surface area contributed by atoms with Crippen molar-refractivity contribution in [1.29, 1.82) is 0 Å². The molecule has 2 aliphatic carbocycles. The lowest BCUT2D eigenvalue weighted by atomic mass is 9.88. The van der Waals surface area contributed by atoms with Gasteiger partial charge in [0.1, 0.15) is 0 Å². The third-order valence-corrected chi connectivity index (χ3v) is 2.77. The Morgan fingerprint density at radius 2 is 0.562 bits per heavy atom. The van der Waals surface area contributed by atoms with Gasteiger partial charge in [0.15, 0.2) is 0 Å². The summed E-state index contributed by atoms with van der Waals surface area (Å²) in [5.41, 5.74) is 21.6. The van der Waals surface area contributed by atoms with Crippen LogP contribution >= 0.6 is 49.6 Å². The van der Waals surface area contributed by atoms with E-state index in [0.717, 1.165) is 25.7 Å². The smallest absolute Gasteiger partial charge is 0.0192 e. The van der Waals surface area contributed by atoms with Crippen LogP contribution in [0.15, 0.2) is 0 Å². The van der Waals surface area contributed by atoms with E-state index in [9.17, 15) is 0 Å². The predicted octanol–water partition coefficient (Wildman–Crippen LogP) is 0.557. The molecule has 0 aromatic heterocycles. The first-order chi connectivity index (χ1) is 5.61. The molecule has 0 unspecified atom stereocenters. The van der Waals surface area contributed by atoms with E-state index in [1.54, 1.807) is 0 Å². The van der Waals surface area contributed by atoms with Gasteiger partial charge in [0.05, 0.1) is 0 Å². The zero-order chi connectivity index (χ0) is 9.14. The number of rotatable bonds is 0. The summed E-state index contributed by atoms with van der Waals surface area (Å²) in [6.07, 6.45) is 4.50. The highest BCUT2D eigenvalue weighted by Gasteiger charge is 2.22. The van der Waals surface area contributed by atoms with E-state index in [2.05, 4.69) is 0 Å². The molecule has 2 fully saturated rings. The molecule has 0 spiro atoms. The number of halogens is 4. The highest BCUT2D eigenvalue weighted by atomic mass is 35.5.